The zero-order valence-electron chi connectivity index (χ0n) is 10.6. The van der Waals surface area contributed by atoms with Gasteiger partial charge in [-0.2, -0.15) is 0 Å². The van der Waals surface area contributed by atoms with Crippen molar-refractivity contribution in [2.24, 2.45) is 0 Å². The van der Waals surface area contributed by atoms with E-state index in [9.17, 15) is 0 Å². The van der Waals surface area contributed by atoms with Crippen molar-refractivity contribution in [1.29, 1.82) is 0 Å². The van der Waals surface area contributed by atoms with Gasteiger partial charge in [0.1, 0.15) is 5.52 Å². The number of oxazole rings is 1. The third-order valence-electron chi connectivity index (χ3n) is 3.59. The van der Waals surface area contributed by atoms with E-state index in [0.29, 0.717) is 0 Å². The van der Waals surface area contributed by atoms with Crippen molar-refractivity contribution in [3.8, 4) is 0 Å². The standard InChI is InChI=1S/C14H14N4O/c1-8-2-3-9-13(4-8)19-14(18-9)11-5-10-12(6-15-11)17-7-16-10/h2-4,7,11,15H,5-6H2,1H3,(H,16,17). The van der Waals surface area contributed by atoms with Crippen molar-refractivity contribution in [2.75, 3.05) is 0 Å². The maximum absolute atomic E-state index is 5.87. The van der Waals surface area contributed by atoms with Crippen LogP contribution in [0.25, 0.3) is 11.1 Å². The Balaban J connectivity index is 1.71. The molecule has 2 aromatic heterocycles. The van der Waals surface area contributed by atoms with Crippen LogP contribution < -0.4 is 5.32 Å². The Labute approximate surface area is 110 Å². The molecule has 2 N–H and O–H groups in total. The topological polar surface area (TPSA) is 66.7 Å². The van der Waals surface area contributed by atoms with Gasteiger partial charge in [-0.25, -0.2) is 9.97 Å². The van der Waals surface area contributed by atoms with Crippen LogP contribution in [0.4, 0.5) is 0 Å². The van der Waals surface area contributed by atoms with Gasteiger partial charge < -0.3 is 9.40 Å². The van der Waals surface area contributed by atoms with E-state index in [1.54, 1.807) is 6.33 Å². The van der Waals surface area contributed by atoms with E-state index >= 15 is 0 Å². The number of rotatable bonds is 1. The first-order valence-electron chi connectivity index (χ1n) is 6.41. The fraction of sp³-hybridized carbons (Fsp3) is 0.286. The minimum absolute atomic E-state index is 0.100. The molecular weight excluding hydrogens is 240 g/mol. The first-order chi connectivity index (χ1) is 9.29. The summed E-state index contributed by atoms with van der Waals surface area (Å²) in [6.45, 7) is 2.83. The second kappa shape index (κ2) is 3.93. The summed E-state index contributed by atoms with van der Waals surface area (Å²) < 4.78 is 5.87. The first-order valence-corrected chi connectivity index (χ1v) is 6.41. The molecule has 0 amide bonds. The van der Waals surface area contributed by atoms with E-state index in [1.807, 2.05) is 12.1 Å². The van der Waals surface area contributed by atoms with Gasteiger partial charge in [-0.05, 0) is 24.6 Å². The molecule has 19 heavy (non-hydrogen) atoms. The van der Waals surface area contributed by atoms with Gasteiger partial charge in [0.05, 0.1) is 23.8 Å². The molecule has 0 radical (unpaired) electrons. The van der Waals surface area contributed by atoms with Gasteiger partial charge in [0, 0.05) is 13.0 Å². The molecule has 1 aromatic carbocycles. The Bertz CT molecular complexity index is 743. The highest BCUT2D eigenvalue weighted by molar-refractivity contribution is 5.73. The normalized spacial score (nSPS) is 18.7. The van der Waals surface area contributed by atoms with Crippen LogP contribution in [0.3, 0.4) is 0 Å². The van der Waals surface area contributed by atoms with Crippen molar-refractivity contribution < 1.29 is 4.42 Å². The molecule has 1 atom stereocenters. The molecule has 1 unspecified atom stereocenters. The summed E-state index contributed by atoms with van der Waals surface area (Å²) in [6.07, 6.45) is 2.55. The Morgan fingerprint density at radius 1 is 1.37 bits per heavy atom. The summed E-state index contributed by atoms with van der Waals surface area (Å²) in [5, 5.41) is 3.43. The minimum Gasteiger partial charge on any atom is -0.439 e. The molecule has 1 aliphatic rings. The summed E-state index contributed by atoms with van der Waals surface area (Å²) in [7, 11) is 0. The summed E-state index contributed by atoms with van der Waals surface area (Å²) >= 11 is 0. The molecule has 1 aliphatic heterocycles. The van der Waals surface area contributed by atoms with Crippen LogP contribution in [0, 0.1) is 6.92 Å². The van der Waals surface area contributed by atoms with E-state index < -0.39 is 0 Å². The number of nitrogens with one attached hydrogen (secondary N) is 2. The molecule has 4 rings (SSSR count). The third kappa shape index (κ3) is 1.74. The maximum atomic E-state index is 5.87. The fourth-order valence-electron chi connectivity index (χ4n) is 2.54. The lowest BCUT2D eigenvalue weighted by atomic mass is 10.1. The van der Waals surface area contributed by atoms with E-state index in [0.717, 1.165) is 41.3 Å². The second-order valence-electron chi connectivity index (χ2n) is 4.99. The van der Waals surface area contributed by atoms with Crippen molar-refractivity contribution in [1.82, 2.24) is 20.3 Å². The van der Waals surface area contributed by atoms with Gasteiger partial charge in [0.25, 0.3) is 0 Å². The quantitative estimate of drug-likeness (QED) is 0.699. The predicted octanol–water partition coefficient (Wildman–Crippen LogP) is 2.25. The number of aromatic amines is 1. The molecule has 0 fully saturated rings. The average Bonchev–Trinajstić information content (AvgIpc) is 3.02. The Morgan fingerprint density at radius 3 is 3.26 bits per heavy atom. The molecule has 0 bridgehead atoms. The van der Waals surface area contributed by atoms with Crippen LogP contribution in [0.5, 0.6) is 0 Å². The smallest absolute Gasteiger partial charge is 0.213 e. The van der Waals surface area contributed by atoms with E-state index in [4.69, 9.17) is 4.42 Å². The second-order valence-corrected chi connectivity index (χ2v) is 4.99. The third-order valence-corrected chi connectivity index (χ3v) is 3.59. The summed E-state index contributed by atoms with van der Waals surface area (Å²) in [5.41, 5.74) is 5.20. The van der Waals surface area contributed by atoms with Crippen LogP contribution in [0.2, 0.25) is 0 Å². The SMILES string of the molecule is Cc1ccc2nc(C3Cc4nc[nH]c4CN3)oc2c1. The molecule has 5 nitrogen and oxygen atoms in total. The molecule has 0 saturated carbocycles. The zero-order valence-corrected chi connectivity index (χ0v) is 10.6. The number of fused-ring (bicyclic) bond motifs is 2. The summed E-state index contributed by atoms with van der Waals surface area (Å²) in [4.78, 5) is 12.0. The van der Waals surface area contributed by atoms with E-state index in [2.05, 4.69) is 33.3 Å². The lowest BCUT2D eigenvalue weighted by Gasteiger charge is -2.19. The number of hydrogen-bond donors (Lipinski definition) is 2. The Hall–Kier alpha value is -2.14. The summed E-state index contributed by atoms with van der Waals surface area (Å²) in [6, 6.07) is 6.17. The molecule has 5 heteroatoms. The van der Waals surface area contributed by atoms with Gasteiger partial charge in [-0.3, -0.25) is 5.32 Å². The maximum Gasteiger partial charge on any atom is 0.213 e. The molecule has 96 valence electrons. The van der Waals surface area contributed by atoms with Gasteiger partial charge in [0.2, 0.25) is 5.89 Å². The molecule has 0 spiro atoms. The lowest BCUT2D eigenvalue weighted by molar-refractivity contribution is 0.391. The van der Waals surface area contributed by atoms with Crippen molar-refractivity contribution in [3.05, 3.63) is 47.4 Å². The number of hydrogen-bond acceptors (Lipinski definition) is 4. The molecule has 3 heterocycles. The van der Waals surface area contributed by atoms with Gasteiger partial charge in [-0.1, -0.05) is 6.07 Å². The van der Waals surface area contributed by atoms with Gasteiger partial charge in [0.15, 0.2) is 5.58 Å². The molecule has 3 aromatic rings. The van der Waals surface area contributed by atoms with Crippen LogP contribution >= 0.6 is 0 Å². The fourth-order valence-corrected chi connectivity index (χ4v) is 2.54. The van der Waals surface area contributed by atoms with Gasteiger partial charge >= 0.3 is 0 Å². The van der Waals surface area contributed by atoms with E-state index in [1.165, 1.54) is 5.56 Å². The number of H-pyrrole nitrogens is 1. The Kier molecular flexibility index (Phi) is 2.22. The van der Waals surface area contributed by atoms with E-state index in [-0.39, 0.29) is 6.04 Å². The highest BCUT2D eigenvalue weighted by atomic mass is 16.3. The number of benzene rings is 1. The number of nitrogens with zero attached hydrogens (tertiary/aromatic N) is 2. The average molecular weight is 254 g/mol. The molecule has 0 aliphatic carbocycles. The van der Waals surface area contributed by atoms with Crippen molar-refractivity contribution in [2.45, 2.75) is 25.9 Å². The zero-order chi connectivity index (χ0) is 12.8. The largest absolute Gasteiger partial charge is 0.439 e. The highest BCUT2D eigenvalue weighted by Gasteiger charge is 2.25. The van der Waals surface area contributed by atoms with Gasteiger partial charge in [-0.15, -0.1) is 0 Å². The number of aryl methyl sites for hydroxylation is 1. The number of aromatic nitrogens is 3. The van der Waals surface area contributed by atoms with Crippen LogP contribution in [-0.4, -0.2) is 15.0 Å². The highest BCUT2D eigenvalue weighted by Crippen LogP contribution is 2.26. The van der Waals surface area contributed by atoms with Crippen molar-refractivity contribution in [3.63, 3.8) is 0 Å². The molecular formula is C14H14N4O. The molecule has 0 saturated heterocycles. The monoisotopic (exact) mass is 254 g/mol. The number of imidazole rings is 1. The Morgan fingerprint density at radius 2 is 2.32 bits per heavy atom. The van der Waals surface area contributed by atoms with Crippen LogP contribution in [-0.2, 0) is 13.0 Å². The van der Waals surface area contributed by atoms with Crippen LogP contribution in [0.1, 0.15) is 28.9 Å². The van der Waals surface area contributed by atoms with Crippen molar-refractivity contribution >= 4 is 11.1 Å². The summed E-state index contributed by atoms with van der Waals surface area (Å²) in [5.74, 6) is 0.745. The minimum atomic E-state index is 0.100. The van der Waals surface area contributed by atoms with Crippen LogP contribution in [0.15, 0.2) is 28.9 Å². The first kappa shape index (κ1) is 10.8. The lowest BCUT2D eigenvalue weighted by Crippen LogP contribution is -2.28. The predicted molar refractivity (Wildman–Crippen MR) is 70.6 cm³/mol.